The van der Waals surface area contributed by atoms with Crippen LogP contribution in [0.25, 0.3) is 10.9 Å². The van der Waals surface area contributed by atoms with E-state index >= 15 is 0 Å². The molecule has 26 heavy (non-hydrogen) atoms. The van der Waals surface area contributed by atoms with Crippen LogP contribution in [-0.2, 0) is 12.0 Å². The average molecular weight is 418 g/mol. The van der Waals surface area contributed by atoms with Gasteiger partial charge in [-0.15, -0.1) is 0 Å². The van der Waals surface area contributed by atoms with Crippen molar-refractivity contribution in [2.75, 3.05) is 17.3 Å². The third-order valence-corrected chi connectivity index (χ3v) is 4.73. The Hall–Kier alpha value is -2.22. The highest BCUT2D eigenvalue weighted by Gasteiger charge is 2.22. The van der Waals surface area contributed by atoms with Crippen LogP contribution >= 0.6 is 15.9 Å². The molecule has 4 N–H and O–H groups in total. The number of nitrogens with zero attached hydrogens (tertiary/aromatic N) is 1. The minimum atomic E-state index is -1.33. The van der Waals surface area contributed by atoms with Gasteiger partial charge in [0.05, 0.1) is 12.1 Å². The van der Waals surface area contributed by atoms with Crippen molar-refractivity contribution in [3.63, 3.8) is 0 Å². The number of aliphatic hydroxyl groups is 2. The second-order valence-corrected chi connectivity index (χ2v) is 7.12. The zero-order chi connectivity index (χ0) is 18.7. The molecule has 2 aromatic heterocycles. The van der Waals surface area contributed by atoms with Gasteiger partial charge in [-0.3, -0.25) is 4.79 Å². The highest BCUT2D eigenvalue weighted by molar-refractivity contribution is 9.09. The normalized spacial score (nSPS) is 13.5. The predicted octanol–water partition coefficient (Wildman–Crippen LogP) is 2.95. The van der Waals surface area contributed by atoms with Crippen molar-refractivity contribution in [2.24, 2.45) is 0 Å². The summed E-state index contributed by atoms with van der Waals surface area (Å²) in [5, 5.41) is 23.9. The molecule has 0 fully saturated rings. The third-order valence-electron chi connectivity index (χ3n) is 4.33. The number of halogens is 1. The number of anilines is 1. The number of hydrogen-bond acceptors (Lipinski definition) is 4. The highest BCUT2D eigenvalue weighted by Crippen LogP contribution is 2.22. The molecule has 3 aromatic rings. The molecule has 0 aliphatic carbocycles. The first kappa shape index (κ1) is 18.6. The van der Waals surface area contributed by atoms with Gasteiger partial charge in [-0.2, -0.15) is 0 Å². The number of aromatic nitrogens is 2. The monoisotopic (exact) mass is 417 g/mol. The van der Waals surface area contributed by atoms with Crippen LogP contribution in [0.1, 0.15) is 28.4 Å². The van der Waals surface area contributed by atoms with Crippen molar-refractivity contribution in [1.29, 1.82) is 0 Å². The summed E-state index contributed by atoms with van der Waals surface area (Å²) in [6, 6.07) is 8.26. The number of pyridine rings is 1. The summed E-state index contributed by atoms with van der Waals surface area (Å²) in [6.07, 6.45) is 4.60. The summed E-state index contributed by atoms with van der Waals surface area (Å²) in [6.45, 7) is 1.12. The van der Waals surface area contributed by atoms with Gasteiger partial charge in [-0.05, 0) is 36.6 Å². The Morgan fingerprint density at radius 2 is 2.08 bits per heavy atom. The van der Waals surface area contributed by atoms with Gasteiger partial charge in [0.25, 0.3) is 5.91 Å². The van der Waals surface area contributed by atoms with Crippen LogP contribution in [0.4, 0.5) is 5.82 Å². The Morgan fingerprint density at radius 3 is 2.73 bits per heavy atom. The van der Waals surface area contributed by atoms with Gasteiger partial charge in [0.2, 0.25) is 0 Å². The van der Waals surface area contributed by atoms with Crippen LogP contribution in [0.2, 0.25) is 0 Å². The second-order valence-electron chi connectivity index (χ2n) is 6.33. The quantitative estimate of drug-likeness (QED) is 0.463. The number of amides is 1. The smallest absolute Gasteiger partial charge is 0.256 e. The summed E-state index contributed by atoms with van der Waals surface area (Å²) in [5.41, 5.74) is 1.74. The Morgan fingerprint density at radius 1 is 1.35 bits per heavy atom. The number of aromatic amines is 1. The number of H-pyrrole nitrogens is 1. The van der Waals surface area contributed by atoms with Crippen LogP contribution in [0.3, 0.4) is 0 Å². The predicted molar refractivity (Wildman–Crippen MR) is 105 cm³/mol. The Kier molecular flexibility index (Phi) is 5.41. The number of aliphatic hydroxyl groups excluding tert-OH is 1. The number of hydrogen-bond donors (Lipinski definition) is 4. The first-order chi connectivity index (χ1) is 12.4. The van der Waals surface area contributed by atoms with E-state index in [2.05, 4.69) is 31.2 Å². The summed E-state index contributed by atoms with van der Waals surface area (Å²) >= 11 is 3.43. The van der Waals surface area contributed by atoms with E-state index in [1.54, 1.807) is 36.5 Å². The average Bonchev–Trinajstić information content (AvgIpc) is 3.04. The molecule has 1 atom stereocenters. The molecule has 0 spiro atoms. The Labute approximate surface area is 159 Å². The van der Waals surface area contributed by atoms with Crippen molar-refractivity contribution in [3.8, 4) is 0 Å². The number of carbonyl (C=O) groups is 1. The number of alkyl halides is 1. The molecule has 0 radical (unpaired) electrons. The number of fused-ring (bicyclic) bond motifs is 1. The van der Waals surface area contributed by atoms with E-state index in [0.717, 1.165) is 22.7 Å². The molecule has 136 valence electrons. The maximum atomic E-state index is 12.4. The Balaban J connectivity index is 1.76. The molecular formula is C19H20BrN3O3. The fourth-order valence-electron chi connectivity index (χ4n) is 2.71. The van der Waals surface area contributed by atoms with Crippen molar-refractivity contribution in [1.82, 2.24) is 9.97 Å². The topological polar surface area (TPSA) is 98.2 Å². The largest absolute Gasteiger partial charge is 0.393 e. The number of benzene rings is 1. The van der Waals surface area contributed by atoms with Crippen molar-refractivity contribution in [2.45, 2.75) is 18.9 Å². The molecule has 0 bridgehead atoms. The first-order valence-corrected chi connectivity index (χ1v) is 9.34. The van der Waals surface area contributed by atoms with Gasteiger partial charge in [0.1, 0.15) is 11.4 Å². The lowest BCUT2D eigenvalue weighted by molar-refractivity contribution is -0.00229. The van der Waals surface area contributed by atoms with Crippen molar-refractivity contribution in [3.05, 3.63) is 59.4 Å². The van der Waals surface area contributed by atoms with Gasteiger partial charge in [0, 0.05) is 34.7 Å². The summed E-state index contributed by atoms with van der Waals surface area (Å²) in [4.78, 5) is 19.9. The van der Waals surface area contributed by atoms with Crippen molar-refractivity contribution >= 4 is 38.6 Å². The standard InChI is InChI=1S/C19H20BrN3O3/c1-19(26,11-24)14-4-2-12(3-5-14)18(25)23-17-8-16-15(10-22-17)13(6-7-20)9-21-16/h2-5,8-10,21,24,26H,6-7,11H2,1H3,(H,22,23,25). The number of aryl methyl sites for hydroxylation is 1. The molecule has 1 unspecified atom stereocenters. The van der Waals surface area contributed by atoms with Gasteiger partial charge < -0.3 is 20.5 Å². The minimum absolute atomic E-state index is 0.292. The molecule has 0 saturated heterocycles. The molecule has 0 saturated carbocycles. The molecule has 1 amide bonds. The van der Waals surface area contributed by atoms with Gasteiger partial charge >= 0.3 is 0 Å². The van der Waals surface area contributed by atoms with E-state index in [-0.39, 0.29) is 5.91 Å². The number of carbonyl (C=O) groups excluding carboxylic acids is 1. The fourth-order valence-corrected chi connectivity index (χ4v) is 3.14. The van der Waals surface area contributed by atoms with E-state index in [0.29, 0.717) is 16.9 Å². The third kappa shape index (κ3) is 3.80. The molecule has 3 rings (SSSR count). The van der Waals surface area contributed by atoms with Crippen LogP contribution in [0, 0.1) is 0 Å². The van der Waals surface area contributed by atoms with Crippen molar-refractivity contribution < 1.29 is 15.0 Å². The lowest BCUT2D eigenvalue weighted by Crippen LogP contribution is -2.25. The van der Waals surface area contributed by atoms with E-state index in [1.165, 1.54) is 12.5 Å². The fraction of sp³-hybridized carbons (Fsp3) is 0.263. The zero-order valence-electron chi connectivity index (χ0n) is 14.3. The summed E-state index contributed by atoms with van der Waals surface area (Å²) < 4.78 is 0. The van der Waals surface area contributed by atoms with Gasteiger partial charge in [0.15, 0.2) is 0 Å². The molecule has 1 aromatic carbocycles. The number of nitrogens with one attached hydrogen (secondary N) is 2. The SMILES string of the molecule is CC(O)(CO)c1ccc(C(=O)Nc2cc3[nH]cc(CCBr)c3cn2)cc1. The minimum Gasteiger partial charge on any atom is -0.393 e. The lowest BCUT2D eigenvalue weighted by atomic mass is 9.96. The summed E-state index contributed by atoms with van der Waals surface area (Å²) in [7, 11) is 0. The maximum absolute atomic E-state index is 12.4. The molecule has 2 heterocycles. The zero-order valence-corrected chi connectivity index (χ0v) is 15.9. The molecule has 7 heteroatoms. The summed E-state index contributed by atoms with van der Waals surface area (Å²) in [5.74, 6) is 0.167. The first-order valence-electron chi connectivity index (χ1n) is 8.21. The lowest BCUT2D eigenvalue weighted by Gasteiger charge is -2.20. The van der Waals surface area contributed by atoms with Gasteiger partial charge in [-0.25, -0.2) is 4.98 Å². The van der Waals surface area contributed by atoms with E-state index in [9.17, 15) is 15.0 Å². The highest BCUT2D eigenvalue weighted by atomic mass is 79.9. The van der Waals surface area contributed by atoms with E-state index < -0.39 is 12.2 Å². The van der Waals surface area contributed by atoms with Crippen LogP contribution in [-0.4, -0.2) is 38.0 Å². The Bertz CT molecular complexity index is 919. The van der Waals surface area contributed by atoms with Crippen LogP contribution in [0.15, 0.2) is 42.7 Å². The molecule has 0 aliphatic heterocycles. The van der Waals surface area contributed by atoms with E-state index in [4.69, 9.17) is 0 Å². The van der Waals surface area contributed by atoms with Gasteiger partial charge in [-0.1, -0.05) is 28.1 Å². The number of rotatable bonds is 6. The van der Waals surface area contributed by atoms with Crippen LogP contribution < -0.4 is 5.32 Å². The molecular weight excluding hydrogens is 398 g/mol. The molecule has 6 nitrogen and oxygen atoms in total. The second kappa shape index (κ2) is 7.57. The van der Waals surface area contributed by atoms with E-state index in [1.807, 2.05) is 6.20 Å². The van der Waals surface area contributed by atoms with Crippen LogP contribution in [0.5, 0.6) is 0 Å². The maximum Gasteiger partial charge on any atom is 0.256 e. The molecule has 0 aliphatic rings.